The van der Waals surface area contributed by atoms with E-state index in [-0.39, 0.29) is 6.03 Å². The van der Waals surface area contributed by atoms with E-state index in [1.54, 1.807) is 0 Å². The summed E-state index contributed by atoms with van der Waals surface area (Å²) >= 11 is 0. The van der Waals surface area contributed by atoms with Gasteiger partial charge in [0, 0.05) is 25.6 Å². The minimum atomic E-state index is -0.902. The van der Waals surface area contributed by atoms with Crippen molar-refractivity contribution in [1.82, 2.24) is 10.2 Å². The van der Waals surface area contributed by atoms with Crippen LogP contribution in [0.15, 0.2) is 0 Å². The maximum atomic E-state index is 12.1. The zero-order valence-corrected chi connectivity index (χ0v) is 11.1. The van der Waals surface area contributed by atoms with Crippen LogP contribution < -0.4 is 5.32 Å². The normalized spacial score (nSPS) is 27.9. The lowest BCUT2D eigenvalue weighted by Gasteiger charge is -2.27. The summed E-state index contributed by atoms with van der Waals surface area (Å²) in [5.41, 5.74) is 0. The zero-order chi connectivity index (χ0) is 13.7. The van der Waals surface area contributed by atoms with E-state index in [0.717, 1.165) is 32.3 Å². The van der Waals surface area contributed by atoms with Crippen molar-refractivity contribution in [2.75, 3.05) is 26.3 Å². The second-order valence-electron chi connectivity index (χ2n) is 5.31. The number of amides is 2. The van der Waals surface area contributed by atoms with Gasteiger partial charge < -0.3 is 20.1 Å². The highest BCUT2D eigenvalue weighted by Gasteiger charge is 2.31. The Kier molecular flexibility index (Phi) is 5.01. The second kappa shape index (κ2) is 6.75. The molecule has 2 rings (SSSR count). The van der Waals surface area contributed by atoms with Crippen LogP contribution in [0.4, 0.5) is 4.79 Å². The average Bonchev–Trinajstić information content (AvgIpc) is 2.77. The Balaban J connectivity index is 1.88. The third-order valence-corrected chi connectivity index (χ3v) is 3.86. The number of urea groups is 1. The molecule has 2 heterocycles. The molecule has 0 spiro atoms. The van der Waals surface area contributed by atoms with E-state index in [1.807, 2.05) is 0 Å². The van der Waals surface area contributed by atoms with Gasteiger partial charge in [0.2, 0.25) is 0 Å². The van der Waals surface area contributed by atoms with Gasteiger partial charge in [0.05, 0.1) is 6.61 Å². The highest BCUT2D eigenvalue weighted by Crippen LogP contribution is 2.17. The molecule has 6 nitrogen and oxygen atoms in total. The summed E-state index contributed by atoms with van der Waals surface area (Å²) in [5.74, 6) is -0.541. The standard InChI is InChI=1S/C13H22N2O4/c16-12(17)11-4-2-1-3-6-15(11)13(18)14-8-10-5-7-19-9-10/h10-11H,1-9H2,(H,14,18)(H,16,17). The predicted octanol–water partition coefficient (Wildman–Crippen LogP) is 1.06. The maximum absolute atomic E-state index is 12.1. The highest BCUT2D eigenvalue weighted by molar-refractivity contribution is 5.82. The van der Waals surface area contributed by atoms with Crippen LogP contribution in [0.2, 0.25) is 0 Å². The largest absolute Gasteiger partial charge is 0.480 e. The summed E-state index contributed by atoms with van der Waals surface area (Å²) in [7, 11) is 0. The van der Waals surface area contributed by atoms with Crippen LogP contribution >= 0.6 is 0 Å². The first-order chi connectivity index (χ1) is 9.18. The molecule has 108 valence electrons. The molecule has 0 aromatic heterocycles. The number of carboxylic acid groups (broad SMARTS) is 1. The Morgan fingerprint density at radius 1 is 1.26 bits per heavy atom. The monoisotopic (exact) mass is 270 g/mol. The molecule has 2 saturated heterocycles. The van der Waals surface area contributed by atoms with Gasteiger partial charge >= 0.3 is 12.0 Å². The molecule has 2 aliphatic heterocycles. The third kappa shape index (κ3) is 3.83. The summed E-state index contributed by atoms with van der Waals surface area (Å²) in [6.07, 6.45) is 4.25. The first-order valence-electron chi connectivity index (χ1n) is 7.03. The van der Waals surface area contributed by atoms with Crippen LogP contribution in [0, 0.1) is 5.92 Å². The molecular formula is C13H22N2O4. The van der Waals surface area contributed by atoms with Crippen LogP contribution in [-0.2, 0) is 9.53 Å². The minimum Gasteiger partial charge on any atom is -0.480 e. The number of nitrogens with one attached hydrogen (secondary N) is 1. The molecule has 0 aliphatic carbocycles. The van der Waals surface area contributed by atoms with Crippen molar-refractivity contribution in [3.63, 3.8) is 0 Å². The molecule has 2 aliphatic rings. The molecule has 2 fully saturated rings. The SMILES string of the molecule is O=C(O)C1CCCCCN1C(=O)NCC1CCOC1. The Morgan fingerprint density at radius 3 is 2.79 bits per heavy atom. The summed E-state index contributed by atoms with van der Waals surface area (Å²) in [6, 6.07) is -0.927. The average molecular weight is 270 g/mol. The molecule has 2 N–H and O–H groups in total. The van der Waals surface area contributed by atoms with Gasteiger partial charge in [0.1, 0.15) is 6.04 Å². The quantitative estimate of drug-likeness (QED) is 0.803. The number of carbonyl (C=O) groups excluding carboxylic acids is 1. The summed E-state index contributed by atoms with van der Waals surface area (Å²) in [6.45, 7) is 2.54. The summed E-state index contributed by atoms with van der Waals surface area (Å²) < 4.78 is 5.26. The predicted molar refractivity (Wildman–Crippen MR) is 68.9 cm³/mol. The number of carboxylic acids is 1. The van der Waals surface area contributed by atoms with Gasteiger partial charge in [0.15, 0.2) is 0 Å². The fourth-order valence-electron chi connectivity index (χ4n) is 2.69. The van der Waals surface area contributed by atoms with E-state index in [0.29, 0.717) is 32.0 Å². The molecule has 19 heavy (non-hydrogen) atoms. The van der Waals surface area contributed by atoms with Gasteiger partial charge in [-0.1, -0.05) is 12.8 Å². The van der Waals surface area contributed by atoms with Crippen molar-refractivity contribution in [3.8, 4) is 0 Å². The first-order valence-corrected chi connectivity index (χ1v) is 7.03. The van der Waals surface area contributed by atoms with Gasteiger partial charge in [-0.15, -0.1) is 0 Å². The Morgan fingerprint density at radius 2 is 2.11 bits per heavy atom. The zero-order valence-electron chi connectivity index (χ0n) is 11.1. The molecule has 6 heteroatoms. The van der Waals surface area contributed by atoms with E-state index in [4.69, 9.17) is 4.74 Å². The molecule has 0 radical (unpaired) electrons. The molecule has 2 amide bonds. The third-order valence-electron chi connectivity index (χ3n) is 3.86. The Labute approximate surface area is 113 Å². The molecule has 0 aromatic carbocycles. The summed E-state index contributed by atoms with van der Waals surface area (Å²) in [5, 5.41) is 12.1. The van der Waals surface area contributed by atoms with Crippen molar-refractivity contribution >= 4 is 12.0 Å². The van der Waals surface area contributed by atoms with Crippen LogP contribution in [0.1, 0.15) is 32.1 Å². The second-order valence-corrected chi connectivity index (χ2v) is 5.31. The molecule has 0 saturated carbocycles. The fraction of sp³-hybridized carbons (Fsp3) is 0.846. The Bertz CT molecular complexity index is 329. The van der Waals surface area contributed by atoms with Gasteiger partial charge in [-0.05, 0) is 19.3 Å². The smallest absolute Gasteiger partial charge is 0.326 e. The van der Waals surface area contributed by atoms with Crippen molar-refractivity contribution in [2.45, 2.75) is 38.1 Å². The van der Waals surface area contributed by atoms with Crippen molar-refractivity contribution in [2.24, 2.45) is 5.92 Å². The van der Waals surface area contributed by atoms with Crippen LogP contribution in [0.5, 0.6) is 0 Å². The van der Waals surface area contributed by atoms with E-state index < -0.39 is 12.0 Å². The number of aliphatic carboxylic acids is 1. The maximum Gasteiger partial charge on any atom is 0.326 e. The number of hydrogen-bond acceptors (Lipinski definition) is 3. The van der Waals surface area contributed by atoms with Crippen molar-refractivity contribution in [1.29, 1.82) is 0 Å². The Hall–Kier alpha value is -1.30. The fourth-order valence-corrected chi connectivity index (χ4v) is 2.69. The van der Waals surface area contributed by atoms with Gasteiger partial charge in [-0.3, -0.25) is 0 Å². The van der Waals surface area contributed by atoms with E-state index >= 15 is 0 Å². The minimum absolute atomic E-state index is 0.249. The number of hydrogen-bond donors (Lipinski definition) is 2. The van der Waals surface area contributed by atoms with E-state index in [2.05, 4.69) is 5.32 Å². The highest BCUT2D eigenvalue weighted by atomic mass is 16.5. The van der Waals surface area contributed by atoms with Gasteiger partial charge in [0.25, 0.3) is 0 Å². The van der Waals surface area contributed by atoms with E-state index in [9.17, 15) is 14.7 Å². The molecule has 0 aromatic rings. The van der Waals surface area contributed by atoms with Gasteiger partial charge in [-0.25, -0.2) is 9.59 Å². The molecule has 0 bridgehead atoms. The lowest BCUT2D eigenvalue weighted by Crippen LogP contribution is -2.50. The van der Waals surface area contributed by atoms with E-state index in [1.165, 1.54) is 4.90 Å². The lowest BCUT2D eigenvalue weighted by atomic mass is 10.1. The van der Waals surface area contributed by atoms with Crippen molar-refractivity contribution in [3.05, 3.63) is 0 Å². The number of rotatable bonds is 3. The summed E-state index contributed by atoms with van der Waals surface area (Å²) in [4.78, 5) is 24.9. The molecule has 2 unspecified atom stereocenters. The number of carbonyl (C=O) groups is 2. The van der Waals surface area contributed by atoms with Gasteiger partial charge in [-0.2, -0.15) is 0 Å². The van der Waals surface area contributed by atoms with Crippen LogP contribution in [-0.4, -0.2) is 54.4 Å². The number of ether oxygens (including phenoxy) is 1. The van der Waals surface area contributed by atoms with Crippen molar-refractivity contribution < 1.29 is 19.4 Å². The lowest BCUT2D eigenvalue weighted by molar-refractivity contribution is -0.142. The number of nitrogens with zero attached hydrogens (tertiary/aromatic N) is 1. The topological polar surface area (TPSA) is 78.9 Å². The van der Waals surface area contributed by atoms with Crippen LogP contribution in [0.3, 0.4) is 0 Å². The molecule has 2 atom stereocenters. The number of likely N-dealkylation sites (tertiary alicyclic amines) is 1. The molecular weight excluding hydrogens is 248 g/mol. The first kappa shape index (κ1) is 14.1. The van der Waals surface area contributed by atoms with Crippen LogP contribution in [0.25, 0.3) is 0 Å².